The summed E-state index contributed by atoms with van der Waals surface area (Å²) in [7, 11) is 0. The molecule has 6 heteroatoms. The number of aromatic nitrogens is 4. The molecule has 13 aromatic rings. The van der Waals surface area contributed by atoms with Crippen LogP contribution in [-0.4, -0.2) is 19.5 Å². The lowest BCUT2D eigenvalue weighted by molar-refractivity contribution is 0.673. The molecule has 59 heavy (non-hydrogen) atoms. The van der Waals surface area contributed by atoms with Crippen LogP contribution in [-0.2, 0) is 0 Å². The standard InChI is InChI=1S/C53H30N4OS/c1-2-15-32(16-3-1)51-54-52(34-27-26-31-14-4-5-17-33(31)30-34)56-53(55-51)37-28-29-42(36-19-7-6-18-35(36)37)57-41-23-11-8-20-38(41)45-46-39-21-9-12-24-43(39)58-49(46)47-40-22-10-13-25-44(40)59-50(47)48(45)57/h1-30H. The zero-order valence-electron chi connectivity index (χ0n) is 31.4. The Morgan fingerprint density at radius 3 is 1.97 bits per heavy atom. The highest BCUT2D eigenvalue weighted by molar-refractivity contribution is 7.27. The van der Waals surface area contributed by atoms with Gasteiger partial charge in [0.2, 0.25) is 0 Å². The van der Waals surface area contributed by atoms with Gasteiger partial charge in [-0.05, 0) is 52.6 Å². The summed E-state index contributed by atoms with van der Waals surface area (Å²) in [5.41, 5.74) is 8.09. The van der Waals surface area contributed by atoms with Gasteiger partial charge in [-0.3, -0.25) is 0 Å². The fourth-order valence-corrected chi connectivity index (χ4v) is 10.5. The molecule has 0 unspecified atom stereocenters. The Kier molecular flexibility index (Phi) is 6.82. The van der Waals surface area contributed by atoms with E-state index in [1.165, 1.54) is 36.5 Å². The average Bonchev–Trinajstić information content (AvgIpc) is 3.99. The molecule has 4 aromatic heterocycles. The minimum Gasteiger partial charge on any atom is -0.455 e. The SMILES string of the molecule is c1ccc(-c2nc(-c3ccc4ccccc4c3)nc(-c3ccc(-n4c5ccccc5c5c6c7ccccc7oc6c6c7ccccc7sc6c54)c4ccccc34)n2)cc1. The van der Waals surface area contributed by atoms with E-state index in [-0.39, 0.29) is 0 Å². The Bertz CT molecular complexity index is 3860. The molecule has 0 atom stereocenters. The molecule has 0 aliphatic heterocycles. The van der Waals surface area contributed by atoms with Crippen molar-refractivity contribution in [2.24, 2.45) is 0 Å². The van der Waals surface area contributed by atoms with Gasteiger partial charge in [0, 0.05) is 59.1 Å². The van der Waals surface area contributed by atoms with Crippen molar-refractivity contribution in [2.75, 3.05) is 0 Å². The van der Waals surface area contributed by atoms with Crippen LogP contribution in [0.2, 0.25) is 0 Å². The number of rotatable bonds is 4. The van der Waals surface area contributed by atoms with Crippen LogP contribution in [0.5, 0.6) is 0 Å². The molecule has 0 spiro atoms. The zero-order chi connectivity index (χ0) is 38.6. The molecular weight excluding hydrogens is 741 g/mol. The maximum absolute atomic E-state index is 6.82. The van der Waals surface area contributed by atoms with Gasteiger partial charge in [0.05, 0.1) is 21.4 Å². The first-order chi connectivity index (χ1) is 29.3. The van der Waals surface area contributed by atoms with E-state index >= 15 is 0 Å². The highest BCUT2D eigenvalue weighted by atomic mass is 32.1. The zero-order valence-corrected chi connectivity index (χ0v) is 32.2. The third kappa shape index (κ3) is 4.75. The molecule has 0 saturated heterocycles. The van der Waals surface area contributed by atoms with Crippen molar-refractivity contribution < 1.29 is 4.42 Å². The molecule has 0 N–H and O–H groups in total. The van der Waals surface area contributed by atoms with Crippen LogP contribution in [0.4, 0.5) is 0 Å². The molecule has 9 aromatic carbocycles. The lowest BCUT2D eigenvalue weighted by Crippen LogP contribution is -2.02. The lowest BCUT2D eigenvalue weighted by atomic mass is 10.0. The Balaban J connectivity index is 1.12. The van der Waals surface area contributed by atoms with Gasteiger partial charge in [0.1, 0.15) is 11.2 Å². The van der Waals surface area contributed by atoms with Crippen LogP contribution in [0.15, 0.2) is 186 Å². The van der Waals surface area contributed by atoms with E-state index in [1.54, 1.807) is 0 Å². The summed E-state index contributed by atoms with van der Waals surface area (Å²) in [4.78, 5) is 15.5. The van der Waals surface area contributed by atoms with Crippen LogP contribution in [0, 0.1) is 0 Å². The molecule has 0 saturated carbocycles. The number of benzene rings is 9. The topological polar surface area (TPSA) is 56.7 Å². The van der Waals surface area contributed by atoms with Gasteiger partial charge >= 0.3 is 0 Å². The third-order valence-corrected chi connectivity index (χ3v) is 13.0. The Morgan fingerprint density at radius 1 is 0.441 bits per heavy atom. The van der Waals surface area contributed by atoms with E-state index in [9.17, 15) is 0 Å². The normalized spacial score (nSPS) is 12.1. The molecule has 0 aliphatic rings. The minimum absolute atomic E-state index is 0.630. The highest BCUT2D eigenvalue weighted by Gasteiger charge is 2.26. The van der Waals surface area contributed by atoms with Crippen molar-refractivity contribution in [3.05, 3.63) is 182 Å². The van der Waals surface area contributed by atoms with Gasteiger partial charge in [-0.15, -0.1) is 11.3 Å². The van der Waals surface area contributed by atoms with Gasteiger partial charge in [0.25, 0.3) is 0 Å². The summed E-state index contributed by atoms with van der Waals surface area (Å²) in [6.07, 6.45) is 0. The van der Waals surface area contributed by atoms with E-state index in [2.05, 4.69) is 168 Å². The van der Waals surface area contributed by atoms with Gasteiger partial charge in [-0.2, -0.15) is 0 Å². The molecule has 5 nitrogen and oxygen atoms in total. The first-order valence-electron chi connectivity index (χ1n) is 19.8. The van der Waals surface area contributed by atoms with Gasteiger partial charge in [0.15, 0.2) is 17.5 Å². The van der Waals surface area contributed by atoms with E-state index in [1.807, 2.05) is 29.5 Å². The molecule has 0 bridgehead atoms. The first kappa shape index (κ1) is 32.4. The summed E-state index contributed by atoms with van der Waals surface area (Å²) >= 11 is 1.84. The second-order valence-corrected chi connectivity index (χ2v) is 16.1. The van der Waals surface area contributed by atoms with Crippen LogP contribution >= 0.6 is 11.3 Å². The average molecular weight is 771 g/mol. The first-order valence-corrected chi connectivity index (χ1v) is 20.6. The number of thiophene rings is 1. The van der Waals surface area contributed by atoms with Crippen molar-refractivity contribution in [3.8, 4) is 39.9 Å². The number of hydrogen-bond donors (Lipinski definition) is 0. The van der Waals surface area contributed by atoms with E-state index in [0.717, 1.165) is 71.4 Å². The number of nitrogens with zero attached hydrogens (tertiary/aromatic N) is 4. The van der Waals surface area contributed by atoms with Crippen molar-refractivity contribution in [2.45, 2.75) is 0 Å². The molecular formula is C53H30N4OS. The summed E-state index contributed by atoms with van der Waals surface area (Å²) in [5, 5.41) is 11.5. The quantitative estimate of drug-likeness (QED) is 0.179. The highest BCUT2D eigenvalue weighted by Crippen LogP contribution is 2.51. The van der Waals surface area contributed by atoms with E-state index in [0.29, 0.717) is 17.5 Å². The Hall–Kier alpha value is -7.67. The fraction of sp³-hybridized carbons (Fsp3) is 0. The van der Waals surface area contributed by atoms with Crippen LogP contribution < -0.4 is 0 Å². The number of fused-ring (bicyclic) bond motifs is 14. The molecule has 4 heterocycles. The third-order valence-electron chi connectivity index (χ3n) is 11.8. The molecule has 0 aliphatic carbocycles. The van der Waals surface area contributed by atoms with Crippen molar-refractivity contribution in [3.63, 3.8) is 0 Å². The predicted molar refractivity (Wildman–Crippen MR) is 246 cm³/mol. The Labute approximate surface area is 341 Å². The fourth-order valence-electron chi connectivity index (χ4n) is 9.21. The summed E-state index contributed by atoms with van der Waals surface area (Å²) in [6.45, 7) is 0. The Morgan fingerprint density at radius 2 is 1.10 bits per heavy atom. The molecule has 13 rings (SSSR count). The summed E-state index contributed by atoms with van der Waals surface area (Å²) < 4.78 is 11.8. The molecule has 274 valence electrons. The summed E-state index contributed by atoms with van der Waals surface area (Å²) in [5.74, 6) is 1.90. The van der Waals surface area contributed by atoms with Crippen LogP contribution in [0.1, 0.15) is 0 Å². The molecule has 0 radical (unpaired) electrons. The molecule has 0 amide bonds. The van der Waals surface area contributed by atoms with Crippen LogP contribution in [0.3, 0.4) is 0 Å². The minimum atomic E-state index is 0.630. The van der Waals surface area contributed by atoms with E-state index < -0.39 is 0 Å². The van der Waals surface area contributed by atoms with E-state index in [4.69, 9.17) is 19.4 Å². The van der Waals surface area contributed by atoms with Gasteiger partial charge in [-0.1, -0.05) is 146 Å². The van der Waals surface area contributed by atoms with Gasteiger partial charge in [-0.25, -0.2) is 15.0 Å². The van der Waals surface area contributed by atoms with Crippen molar-refractivity contribution >= 4 is 96.8 Å². The van der Waals surface area contributed by atoms with Crippen molar-refractivity contribution in [1.29, 1.82) is 0 Å². The predicted octanol–water partition coefficient (Wildman–Crippen LogP) is 14.5. The van der Waals surface area contributed by atoms with Crippen LogP contribution in [0.25, 0.3) is 125 Å². The van der Waals surface area contributed by atoms with Gasteiger partial charge < -0.3 is 8.98 Å². The maximum Gasteiger partial charge on any atom is 0.164 e. The monoisotopic (exact) mass is 770 g/mol. The largest absolute Gasteiger partial charge is 0.455 e. The summed E-state index contributed by atoms with van der Waals surface area (Å²) in [6, 6.07) is 64.1. The second-order valence-electron chi connectivity index (χ2n) is 15.1. The molecule has 0 fully saturated rings. The second kappa shape index (κ2) is 12.4. The maximum atomic E-state index is 6.82. The number of para-hydroxylation sites is 2. The lowest BCUT2D eigenvalue weighted by Gasteiger charge is -2.15. The number of hydrogen-bond acceptors (Lipinski definition) is 5. The smallest absolute Gasteiger partial charge is 0.164 e. The van der Waals surface area contributed by atoms with Crippen molar-refractivity contribution in [1.82, 2.24) is 19.5 Å². The number of furan rings is 1.